The summed E-state index contributed by atoms with van der Waals surface area (Å²) < 4.78 is 0. The van der Waals surface area contributed by atoms with Gasteiger partial charge in [0, 0.05) is 26.1 Å². The fraction of sp³-hybridized carbons (Fsp3) is 0.600. The summed E-state index contributed by atoms with van der Waals surface area (Å²) in [7, 11) is 0. The fourth-order valence-corrected chi connectivity index (χ4v) is 1.42. The molecule has 16 heavy (non-hydrogen) atoms. The molecular formula is C10H19N4O2+. The van der Waals surface area contributed by atoms with Crippen LogP contribution < -0.4 is 11.5 Å². The Labute approximate surface area is 94.6 Å². The van der Waals surface area contributed by atoms with Crippen LogP contribution >= 0.6 is 0 Å². The summed E-state index contributed by atoms with van der Waals surface area (Å²) >= 11 is 0. The number of aliphatic imine (C=N–C) groups is 1. The van der Waals surface area contributed by atoms with Gasteiger partial charge in [-0.15, -0.1) is 0 Å². The van der Waals surface area contributed by atoms with Gasteiger partial charge in [0.25, 0.3) is 0 Å². The Kier molecular flexibility index (Phi) is 4.78. The molecule has 6 nitrogen and oxygen atoms in total. The van der Waals surface area contributed by atoms with Crippen molar-refractivity contribution in [3.05, 3.63) is 12.2 Å². The summed E-state index contributed by atoms with van der Waals surface area (Å²) in [5.41, 5.74) is 9.29. The molecule has 1 aliphatic heterocycles. The van der Waals surface area contributed by atoms with Gasteiger partial charge in [0.15, 0.2) is 12.0 Å². The number of hydrogen-bond acceptors (Lipinski definition) is 2. The van der Waals surface area contributed by atoms with Crippen molar-refractivity contribution in [2.45, 2.75) is 18.9 Å². The van der Waals surface area contributed by atoms with E-state index in [-0.39, 0.29) is 0 Å². The second-order valence-electron chi connectivity index (χ2n) is 3.79. The molecule has 0 aromatic rings. The maximum Gasteiger partial charge on any atom is 0.362 e. The maximum absolute atomic E-state index is 10.5. The lowest BCUT2D eigenvalue weighted by atomic mass is 10.2. The normalized spacial score (nSPS) is 17.8. The van der Waals surface area contributed by atoms with Crippen molar-refractivity contribution in [1.82, 2.24) is 4.90 Å². The second kappa shape index (κ2) is 6.12. The smallest absolute Gasteiger partial charge is 0.362 e. The maximum atomic E-state index is 10.5. The van der Waals surface area contributed by atoms with E-state index in [4.69, 9.17) is 10.8 Å². The molecule has 6 heteroatoms. The summed E-state index contributed by atoms with van der Waals surface area (Å²) in [6, 6.07) is -0.551. The largest absolute Gasteiger partial charge is 0.477 e. The molecule has 0 aromatic carbocycles. The predicted molar refractivity (Wildman–Crippen MR) is 60.7 cm³/mol. The highest BCUT2D eigenvalue weighted by Crippen LogP contribution is 1.99. The van der Waals surface area contributed by atoms with Gasteiger partial charge in [-0.3, -0.25) is 4.99 Å². The van der Waals surface area contributed by atoms with Crippen LogP contribution in [-0.4, -0.2) is 47.6 Å². The summed E-state index contributed by atoms with van der Waals surface area (Å²) in [4.78, 5) is 16.7. The number of nitrogens with two attached hydrogens (primary N) is 1. The zero-order valence-electron chi connectivity index (χ0n) is 9.30. The summed E-state index contributed by atoms with van der Waals surface area (Å²) in [6.07, 6.45) is 5.31. The summed E-state index contributed by atoms with van der Waals surface area (Å²) in [5.74, 6) is -0.332. The standard InChI is InChI=1S/C10H18N4O2/c11-8(9(15)16)4-3-5-13-10(12)14-6-1-2-7-14/h1-2,8H,3-7,11H2,(H2,12,13)(H,15,16)/p+1/t8-/m0/s1. The van der Waals surface area contributed by atoms with Crippen molar-refractivity contribution in [3.8, 4) is 0 Å². The SMILES string of the molecule is NC(=NCCC[C@H]([NH3+])C(=O)O)N1CC=CC1. The van der Waals surface area contributed by atoms with Gasteiger partial charge in [0.2, 0.25) is 0 Å². The van der Waals surface area contributed by atoms with Crippen molar-refractivity contribution in [1.29, 1.82) is 0 Å². The monoisotopic (exact) mass is 227 g/mol. The van der Waals surface area contributed by atoms with Crippen LogP contribution in [0.4, 0.5) is 0 Å². The lowest BCUT2D eigenvalue weighted by molar-refractivity contribution is -0.409. The third kappa shape index (κ3) is 3.90. The lowest BCUT2D eigenvalue weighted by Crippen LogP contribution is -2.64. The number of nitrogens with zero attached hydrogens (tertiary/aromatic N) is 2. The molecule has 1 aliphatic rings. The zero-order chi connectivity index (χ0) is 12.0. The average molecular weight is 227 g/mol. The molecule has 90 valence electrons. The first-order chi connectivity index (χ1) is 7.61. The number of aliphatic carboxylic acids is 1. The number of guanidine groups is 1. The van der Waals surface area contributed by atoms with Gasteiger partial charge in [-0.25, -0.2) is 4.79 Å². The summed E-state index contributed by atoms with van der Waals surface area (Å²) in [5, 5.41) is 8.62. The van der Waals surface area contributed by atoms with Crippen molar-refractivity contribution in [2.75, 3.05) is 19.6 Å². The highest BCUT2D eigenvalue weighted by atomic mass is 16.4. The van der Waals surface area contributed by atoms with E-state index in [1.165, 1.54) is 0 Å². The molecule has 0 saturated carbocycles. The van der Waals surface area contributed by atoms with E-state index in [0.717, 1.165) is 13.1 Å². The lowest BCUT2D eigenvalue weighted by Gasteiger charge is -2.15. The van der Waals surface area contributed by atoms with Crippen LogP contribution in [0, 0.1) is 0 Å². The first-order valence-corrected chi connectivity index (χ1v) is 5.37. The van der Waals surface area contributed by atoms with E-state index in [1.807, 2.05) is 17.1 Å². The molecule has 6 N–H and O–H groups in total. The molecule has 0 spiro atoms. The van der Waals surface area contributed by atoms with E-state index in [9.17, 15) is 4.79 Å². The van der Waals surface area contributed by atoms with E-state index in [2.05, 4.69) is 10.7 Å². The quantitative estimate of drug-likeness (QED) is 0.233. The number of carbonyl (C=O) groups is 1. The minimum Gasteiger partial charge on any atom is -0.477 e. The molecule has 0 amide bonds. The van der Waals surface area contributed by atoms with Crippen LogP contribution in [0.25, 0.3) is 0 Å². The van der Waals surface area contributed by atoms with E-state index < -0.39 is 12.0 Å². The Morgan fingerprint density at radius 1 is 1.56 bits per heavy atom. The van der Waals surface area contributed by atoms with Crippen LogP contribution in [0.1, 0.15) is 12.8 Å². The second-order valence-corrected chi connectivity index (χ2v) is 3.79. The molecule has 0 radical (unpaired) electrons. The molecule has 0 saturated heterocycles. The van der Waals surface area contributed by atoms with Crippen LogP contribution in [0.3, 0.4) is 0 Å². The van der Waals surface area contributed by atoms with Crippen molar-refractivity contribution in [2.24, 2.45) is 10.7 Å². The van der Waals surface area contributed by atoms with Crippen LogP contribution in [0.5, 0.6) is 0 Å². The first-order valence-electron chi connectivity index (χ1n) is 5.37. The molecular weight excluding hydrogens is 208 g/mol. The molecule has 0 fully saturated rings. The number of quaternary nitrogens is 1. The van der Waals surface area contributed by atoms with Gasteiger partial charge in [0.1, 0.15) is 0 Å². The molecule has 0 bridgehead atoms. The number of carboxylic acid groups (broad SMARTS) is 1. The van der Waals surface area contributed by atoms with Gasteiger partial charge in [0.05, 0.1) is 0 Å². The van der Waals surface area contributed by atoms with Crippen LogP contribution in [-0.2, 0) is 4.79 Å². The minimum atomic E-state index is -0.860. The zero-order valence-corrected chi connectivity index (χ0v) is 9.30. The van der Waals surface area contributed by atoms with Crippen molar-refractivity contribution < 1.29 is 15.6 Å². The van der Waals surface area contributed by atoms with Gasteiger partial charge >= 0.3 is 5.97 Å². The highest BCUT2D eigenvalue weighted by molar-refractivity contribution is 5.78. The number of hydrogen-bond donors (Lipinski definition) is 3. The molecule has 0 unspecified atom stereocenters. The molecule has 1 atom stereocenters. The third-order valence-electron chi connectivity index (χ3n) is 2.48. The van der Waals surface area contributed by atoms with Crippen LogP contribution in [0.15, 0.2) is 17.1 Å². The molecule has 0 aliphatic carbocycles. The predicted octanol–water partition coefficient (Wildman–Crippen LogP) is -1.35. The van der Waals surface area contributed by atoms with Gasteiger partial charge in [-0.05, 0) is 6.42 Å². The van der Waals surface area contributed by atoms with Gasteiger partial charge in [-0.2, -0.15) is 0 Å². The average Bonchev–Trinajstić information content (AvgIpc) is 2.76. The Hall–Kier alpha value is -1.56. The molecule has 0 aromatic heterocycles. The third-order valence-corrected chi connectivity index (χ3v) is 2.48. The Morgan fingerprint density at radius 3 is 2.75 bits per heavy atom. The fourth-order valence-electron chi connectivity index (χ4n) is 1.42. The van der Waals surface area contributed by atoms with E-state index in [0.29, 0.717) is 25.3 Å². The van der Waals surface area contributed by atoms with Gasteiger partial charge in [-0.1, -0.05) is 12.2 Å². The van der Waals surface area contributed by atoms with Crippen molar-refractivity contribution in [3.63, 3.8) is 0 Å². The Bertz CT molecular complexity index is 293. The highest BCUT2D eigenvalue weighted by Gasteiger charge is 2.14. The number of carboxylic acids is 1. The van der Waals surface area contributed by atoms with E-state index >= 15 is 0 Å². The number of rotatable bonds is 5. The van der Waals surface area contributed by atoms with Crippen LogP contribution in [0.2, 0.25) is 0 Å². The minimum absolute atomic E-state index is 0.529. The van der Waals surface area contributed by atoms with E-state index in [1.54, 1.807) is 0 Å². The van der Waals surface area contributed by atoms with Gasteiger partial charge < -0.3 is 21.5 Å². The van der Waals surface area contributed by atoms with Crippen molar-refractivity contribution >= 4 is 11.9 Å². The summed E-state index contributed by atoms with van der Waals surface area (Å²) in [6.45, 7) is 2.17. The molecule has 1 heterocycles. The Balaban J connectivity index is 2.18. The topological polar surface area (TPSA) is 107 Å². The first kappa shape index (κ1) is 12.5. The molecule has 1 rings (SSSR count). The Morgan fingerprint density at radius 2 is 2.19 bits per heavy atom.